The Labute approximate surface area is 81.7 Å². The lowest BCUT2D eigenvalue weighted by molar-refractivity contribution is 0.281. The van der Waals surface area contributed by atoms with Gasteiger partial charge in [0.15, 0.2) is 0 Å². The lowest BCUT2D eigenvalue weighted by Gasteiger charge is -2.21. The minimum absolute atomic E-state index is 0.338. The van der Waals surface area contributed by atoms with E-state index in [0.717, 1.165) is 25.3 Å². The average Bonchev–Trinajstić information content (AvgIpc) is 2.19. The van der Waals surface area contributed by atoms with Gasteiger partial charge in [-0.15, -0.1) is 0 Å². The Morgan fingerprint density at radius 1 is 1.08 bits per heavy atom. The van der Waals surface area contributed by atoms with Gasteiger partial charge in [-0.2, -0.15) is 0 Å². The van der Waals surface area contributed by atoms with Crippen LogP contribution in [-0.4, -0.2) is 24.8 Å². The zero-order valence-corrected chi connectivity index (χ0v) is 8.60. The largest absolute Gasteiger partial charge is 0.396 e. The molecule has 0 aromatic rings. The SMILES string of the molecule is OCCCCNCC1CCCCC1. The van der Waals surface area contributed by atoms with Gasteiger partial charge in [0.25, 0.3) is 0 Å². The van der Waals surface area contributed by atoms with E-state index < -0.39 is 0 Å². The molecule has 78 valence electrons. The lowest BCUT2D eigenvalue weighted by Crippen LogP contribution is -2.25. The number of nitrogens with one attached hydrogen (secondary N) is 1. The Morgan fingerprint density at radius 3 is 2.54 bits per heavy atom. The maximum atomic E-state index is 8.59. The normalized spacial score (nSPS) is 19.2. The van der Waals surface area contributed by atoms with E-state index in [1.54, 1.807) is 0 Å². The van der Waals surface area contributed by atoms with Crippen LogP contribution < -0.4 is 5.32 Å². The van der Waals surface area contributed by atoms with Crippen molar-refractivity contribution in [1.82, 2.24) is 5.32 Å². The summed E-state index contributed by atoms with van der Waals surface area (Å²) in [5.41, 5.74) is 0. The summed E-state index contributed by atoms with van der Waals surface area (Å²) in [4.78, 5) is 0. The van der Waals surface area contributed by atoms with Crippen LogP contribution in [0.3, 0.4) is 0 Å². The molecular weight excluding hydrogens is 162 g/mol. The summed E-state index contributed by atoms with van der Waals surface area (Å²) < 4.78 is 0. The first kappa shape index (κ1) is 11.0. The highest BCUT2D eigenvalue weighted by molar-refractivity contribution is 4.67. The number of hydrogen-bond donors (Lipinski definition) is 2. The molecule has 0 aromatic heterocycles. The van der Waals surface area contributed by atoms with E-state index in [0.29, 0.717) is 6.61 Å². The van der Waals surface area contributed by atoms with Gasteiger partial charge < -0.3 is 10.4 Å². The molecule has 1 fully saturated rings. The van der Waals surface area contributed by atoms with Crippen molar-refractivity contribution in [2.24, 2.45) is 5.92 Å². The second-order valence-electron chi connectivity index (χ2n) is 4.14. The van der Waals surface area contributed by atoms with E-state index >= 15 is 0 Å². The third-order valence-electron chi connectivity index (χ3n) is 2.92. The number of rotatable bonds is 6. The Balaban J connectivity index is 1.86. The van der Waals surface area contributed by atoms with E-state index in [1.165, 1.54) is 38.6 Å². The number of aliphatic hydroxyl groups is 1. The van der Waals surface area contributed by atoms with Crippen LogP contribution in [0.25, 0.3) is 0 Å². The first-order valence-corrected chi connectivity index (χ1v) is 5.75. The van der Waals surface area contributed by atoms with Crippen LogP contribution in [0.2, 0.25) is 0 Å². The molecule has 0 amide bonds. The van der Waals surface area contributed by atoms with Crippen molar-refractivity contribution in [2.45, 2.75) is 44.9 Å². The molecule has 2 heteroatoms. The highest BCUT2D eigenvalue weighted by Crippen LogP contribution is 2.22. The fraction of sp³-hybridized carbons (Fsp3) is 1.00. The van der Waals surface area contributed by atoms with Gasteiger partial charge in [0.05, 0.1) is 0 Å². The maximum Gasteiger partial charge on any atom is 0.0431 e. The Bertz CT molecular complexity index is 111. The van der Waals surface area contributed by atoms with Gasteiger partial charge in [0.1, 0.15) is 0 Å². The molecule has 1 aliphatic carbocycles. The van der Waals surface area contributed by atoms with Crippen LogP contribution in [0, 0.1) is 5.92 Å². The topological polar surface area (TPSA) is 32.3 Å². The molecule has 1 saturated carbocycles. The van der Waals surface area contributed by atoms with Crippen LogP contribution in [0.5, 0.6) is 0 Å². The molecule has 0 spiro atoms. The monoisotopic (exact) mass is 185 g/mol. The molecule has 1 rings (SSSR count). The Kier molecular flexibility index (Phi) is 6.21. The molecule has 0 unspecified atom stereocenters. The summed E-state index contributed by atoms with van der Waals surface area (Å²) >= 11 is 0. The Morgan fingerprint density at radius 2 is 1.85 bits per heavy atom. The summed E-state index contributed by atoms with van der Waals surface area (Å²) in [7, 11) is 0. The molecule has 0 aromatic carbocycles. The van der Waals surface area contributed by atoms with Crippen molar-refractivity contribution in [2.75, 3.05) is 19.7 Å². The van der Waals surface area contributed by atoms with Crippen LogP contribution in [0.15, 0.2) is 0 Å². The molecule has 0 atom stereocenters. The smallest absolute Gasteiger partial charge is 0.0431 e. The van der Waals surface area contributed by atoms with Crippen LogP contribution in [-0.2, 0) is 0 Å². The van der Waals surface area contributed by atoms with Gasteiger partial charge in [0.2, 0.25) is 0 Å². The van der Waals surface area contributed by atoms with Gasteiger partial charge in [-0.25, -0.2) is 0 Å². The van der Waals surface area contributed by atoms with Gasteiger partial charge in [-0.3, -0.25) is 0 Å². The number of aliphatic hydroxyl groups excluding tert-OH is 1. The quantitative estimate of drug-likeness (QED) is 0.620. The Hall–Kier alpha value is -0.0800. The fourth-order valence-corrected chi connectivity index (χ4v) is 2.06. The molecule has 2 nitrogen and oxygen atoms in total. The summed E-state index contributed by atoms with van der Waals surface area (Å²) in [6.07, 6.45) is 9.22. The van der Waals surface area contributed by atoms with E-state index in [-0.39, 0.29) is 0 Å². The van der Waals surface area contributed by atoms with Crippen molar-refractivity contribution in [3.05, 3.63) is 0 Å². The molecule has 13 heavy (non-hydrogen) atoms. The minimum Gasteiger partial charge on any atom is -0.396 e. The molecule has 0 bridgehead atoms. The molecular formula is C11H23NO. The number of unbranched alkanes of at least 4 members (excludes halogenated alkanes) is 1. The zero-order valence-electron chi connectivity index (χ0n) is 8.60. The second-order valence-corrected chi connectivity index (χ2v) is 4.14. The molecule has 1 aliphatic rings. The zero-order chi connectivity index (χ0) is 9.36. The highest BCUT2D eigenvalue weighted by atomic mass is 16.2. The summed E-state index contributed by atoms with van der Waals surface area (Å²) in [5.74, 6) is 0.933. The third-order valence-corrected chi connectivity index (χ3v) is 2.92. The van der Waals surface area contributed by atoms with E-state index in [4.69, 9.17) is 5.11 Å². The van der Waals surface area contributed by atoms with Gasteiger partial charge in [-0.1, -0.05) is 19.3 Å². The van der Waals surface area contributed by atoms with E-state index in [1.807, 2.05) is 0 Å². The van der Waals surface area contributed by atoms with Crippen molar-refractivity contribution in [3.8, 4) is 0 Å². The summed E-state index contributed by atoms with van der Waals surface area (Å²) in [6.45, 7) is 2.62. The molecule has 2 N–H and O–H groups in total. The summed E-state index contributed by atoms with van der Waals surface area (Å²) in [5, 5.41) is 12.1. The first-order chi connectivity index (χ1) is 6.43. The predicted octanol–water partition coefficient (Wildman–Crippen LogP) is 1.93. The van der Waals surface area contributed by atoms with Crippen LogP contribution in [0.1, 0.15) is 44.9 Å². The standard InChI is InChI=1S/C11H23NO/c13-9-5-4-8-12-10-11-6-2-1-3-7-11/h11-13H,1-10H2. The van der Waals surface area contributed by atoms with Crippen molar-refractivity contribution in [3.63, 3.8) is 0 Å². The first-order valence-electron chi connectivity index (χ1n) is 5.75. The molecule has 0 radical (unpaired) electrons. The fourth-order valence-electron chi connectivity index (χ4n) is 2.06. The van der Waals surface area contributed by atoms with Crippen molar-refractivity contribution >= 4 is 0 Å². The van der Waals surface area contributed by atoms with E-state index in [2.05, 4.69) is 5.32 Å². The lowest BCUT2D eigenvalue weighted by atomic mass is 9.89. The highest BCUT2D eigenvalue weighted by Gasteiger charge is 2.11. The van der Waals surface area contributed by atoms with Gasteiger partial charge in [0, 0.05) is 6.61 Å². The van der Waals surface area contributed by atoms with Crippen molar-refractivity contribution < 1.29 is 5.11 Å². The molecule has 0 aliphatic heterocycles. The second kappa shape index (κ2) is 7.34. The van der Waals surface area contributed by atoms with Gasteiger partial charge >= 0.3 is 0 Å². The maximum absolute atomic E-state index is 8.59. The molecule has 0 saturated heterocycles. The average molecular weight is 185 g/mol. The van der Waals surface area contributed by atoms with Gasteiger partial charge in [-0.05, 0) is 44.7 Å². The van der Waals surface area contributed by atoms with Crippen LogP contribution >= 0.6 is 0 Å². The predicted molar refractivity (Wildman–Crippen MR) is 55.8 cm³/mol. The van der Waals surface area contributed by atoms with E-state index in [9.17, 15) is 0 Å². The van der Waals surface area contributed by atoms with Crippen molar-refractivity contribution in [1.29, 1.82) is 0 Å². The third kappa shape index (κ3) is 5.27. The summed E-state index contributed by atoms with van der Waals surface area (Å²) in [6, 6.07) is 0. The molecule has 0 heterocycles. The van der Waals surface area contributed by atoms with Crippen LogP contribution in [0.4, 0.5) is 0 Å². The minimum atomic E-state index is 0.338. The number of hydrogen-bond acceptors (Lipinski definition) is 2.